The number of rotatable bonds is 2. The highest BCUT2D eigenvalue weighted by Crippen LogP contribution is 2.41. The van der Waals surface area contributed by atoms with Crippen molar-refractivity contribution < 1.29 is 4.74 Å². The zero-order valence-electron chi connectivity index (χ0n) is 13.4. The molecule has 0 saturated carbocycles. The Balaban J connectivity index is 1.90. The lowest BCUT2D eigenvalue weighted by Gasteiger charge is -2.43. The van der Waals surface area contributed by atoms with E-state index in [2.05, 4.69) is 54.4 Å². The van der Waals surface area contributed by atoms with E-state index in [0.29, 0.717) is 12.1 Å². The molecule has 2 unspecified atom stereocenters. The van der Waals surface area contributed by atoms with Crippen molar-refractivity contribution in [1.29, 1.82) is 0 Å². The molecule has 1 fully saturated rings. The quantitative estimate of drug-likeness (QED) is 0.809. The maximum atomic E-state index is 5.70. The van der Waals surface area contributed by atoms with E-state index in [-0.39, 0.29) is 0 Å². The zero-order chi connectivity index (χ0) is 15.1. The van der Waals surface area contributed by atoms with Crippen LogP contribution in [0.15, 0.2) is 42.5 Å². The average molecular weight is 293 g/mol. The topological polar surface area (TPSA) is 12.5 Å². The number of likely N-dealkylation sites (N-methyl/N-ethyl adjacent to an activating group) is 1. The van der Waals surface area contributed by atoms with Gasteiger partial charge in [-0.25, -0.2) is 0 Å². The van der Waals surface area contributed by atoms with Crippen LogP contribution in [0.2, 0.25) is 0 Å². The van der Waals surface area contributed by atoms with Crippen molar-refractivity contribution in [2.75, 3.05) is 14.2 Å². The molecule has 0 spiro atoms. The number of hydrogen-bond acceptors (Lipinski definition) is 2. The molecule has 2 heterocycles. The van der Waals surface area contributed by atoms with Gasteiger partial charge in [0, 0.05) is 17.6 Å². The Kier molecular flexibility index (Phi) is 3.42. The molecule has 0 aromatic heterocycles. The second-order valence-corrected chi connectivity index (χ2v) is 6.58. The smallest absolute Gasteiger partial charge is 0.126 e. The second-order valence-electron chi connectivity index (χ2n) is 6.58. The molecule has 114 valence electrons. The monoisotopic (exact) mass is 293 g/mol. The first-order valence-electron chi connectivity index (χ1n) is 8.26. The number of hydrogen-bond donors (Lipinski definition) is 0. The molecule has 0 aliphatic carbocycles. The van der Waals surface area contributed by atoms with Gasteiger partial charge in [0.15, 0.2) is 0 Å². The highest BCUT2D eigenvalue weighted by Gasteiger charge is 2.32. The molecule has 2 aliphatic heterocycles. The summed E-state index contributed by atoms with van der Waals surface area (Å²) in [5, 5.41) is 2.61. The van der Waals surface area contributed by atoms with Gasteiger partial charge in [-0.2, -0.15) is 0 Å². The van der Waals surface area contributed by atoms with E-state index < -0.39 is 0 Å². The van der Waals surface area contributed by atoms with Crippen molar-refractivity contribution in [1.82, 2.24) is 4.90 Å². The van der Waals surface area contributed by atoms with E-state index >= 15 is 0 Å². The molecule has 4 rings (SSSR count). The summed E-state index contributed by atoms with van der Waals surface area (Å²) in [5.74, 6) is 1.01. The molecule has 1 saturated heterocycles. The van der Waals surface area contributed by atoms with Crippen LogP contribution < -0.4 is 4.74 Å². The first-order valence-corrected chi connectivity index (χ1v) is 8.26. The maximum Gasteiger partial charge on any atom is 0.126 e. The van der Waals surface area contributed by atoms with Crippen LogP contribution in [0, 0.1) is 0 Å². The summed E-state index contributed by atoms with van der Waals surface area (Å²) in [4.78, 5) is 2.56. The lowest BCUT2D eigenvalue weighted by Crippen LogP contribution is -2.45. The van der Waals surface area contributed by atoms with Crippen molar-refractivity contribution >= 4 is 16.3 Å². The Morgan fingerprint density at radius 3 is 2.77 bits per heavy atom. The molecule has 0 amide bonds. The van der Waals surface area contributed by atoms with Crippen LogP contribution >= 0.6 is 0 Å². The minimum atomic E-state index is 0.589. The number of nitrogens with zero attached hydrogens (tertiary/aromatic N) is 1. The van der Waals surface area contributed by atoms with Crippen LogP contribution in [0.1, 0.15) is 31.2 Å². The lowest BCUT2D eigenvalue weighted by molar-refractivity contribution is 0.137. The molecule has 2 aromatic rings. The Labute approximate surface area is 132 Å². The van der Waals surface area contributed by atoms with Crippen LogP contribution in [0.25, 0.3) is 16.3 Å². The third-order valence-electron chi connectivity index (χ3n) is 5.42. The molecule has 2 atom stereocenters. The SMILES string of the molecule is COc1ccc2ccccc2c1C1=CC2CCCC(C1)N2C. The molecule has 22 heavy (non-hydrogen) atoms. The van der Waals surface area contributed by atoms with Crippen LogP contribution in [0.5, 0.6) is 5.75 Å². The van der Waals surface area contributed by atoms with Crippen LogP contribution in [-0.4, -0.2) is 31.1 Å². The first-order chi connectivity index (χ1) is 10.8. The van der Waals surface area contributed by atoms with Gasteiger partial charge in [0.1, 0.15) is 5.75 Å². The molecular weight excluding hydrogens is 270 g/mol. The van der Waals surface area contributed by atoms with E-state index in [1.165, 1.54) is 41.2 Å². The van der Waals surface area contributed by atoms with Crippen LogP contribution in [-0.2, 0) is 0 Å². The molecule has 0 radical (unpaired) electrons. The van der Waals surface area contributed by atoms with Crippen molar-refractivity contribution in [3.63, 3.8) is 0 Å². The largest absolute Gasteiger partial charge is 0.496 e. The van der Waals surface area contributed by atoms with E-state index in [1.807, 2.05) is 0 Å². The predicted molar refractivity (Wildman–Crippen MR) is 92.3 cm³/mol. The second kappa shape index (κ2) is 5.44. The number of fused-ring (bicyclic) bond motifs is 3. The fraction of sp³-hybridized carbons (Fsp3) is 0.400. The summed E-state index contributed by atoms with van der Waals surface area (Å²) >= 11 is 0. The Morgan fingerprint density at radius 1 is 1.09 bits per heavy atom. The summed E-state index contributed by atoms with van der Waals surface area (Å²) in [6, 6.07) is 14.2. The van der Waals surface area contributed by atoms with Crippen LogP contribution in [0.4, 0.5) is 0 Å². The van der Waals surface area contributed by atoms with Gasteiger partial charge in [-0.05, 0) is 48.7 Å². The van der Waals surface area contributed by atoms with Crippen molar-refractivity contribution in [2.45, 2.75) is 37.8 Å². The Bertz CT molecular complexity index is 734. The van der Waals surface area contributed by atoms with Gasteiger partial charge in [0.25, 0.3) is 0 Å². The molecule has 2 heteroatoms. The van der Waals surface area contributed by atoms with E-state index in [9.17, 15) is 0 Å². The Morgan fingerprint density at radius 2 is 1.95 bits per heavy atom. The molecule has 0 N–H and O–H groups in total. The molecule has 2 bridgehead atoms. The van der Waals surface area contributed by atoms with Gasteiger partial charge in [-0.3, -0.25) is 4.90 Å². The number of piperidine rings is 1. The maximum absolute atomic E-state index is 5.70. The minimum absolute atomic E-state index is 0.589. The fourth-order valence-corrected chi connectivity index (χ4v) is 4.18. The van der Waals surface area contributed by atoms with Crippen molar-refractivity contribution in [2.24, 2.45) is 0 Å². The summed E-state index contributed by atoms with van der Waals surface area (Å²) in [6.07, 6.45) is 7.58. The molecule has 2 aliphatic rings. The first kappa shape index (κ1) is 13.8. The molecule has 2 nitrogen and oxygen atoms in total. The summed E-state index contributed by atoms with van der Waals surface area (Å²) in [6.45, 7) is 0. The highest BCUT2D eigenvalue weighted by atomic mass is 16.5. The fourth-order valence-electron chi connectivity index (χ4n) is 4.18. The van der Waals surface area contributed by atoms with Gasteiger partial charge in [-0.1, -0.05) is 42.8 Å². The van der Waals surface area contributed by atoms with E-state index in [4.69, 9.17) is 4.74 Å². The van der Waals surface area contributed by atoms with Gasteiger partial charge in [0.2, 0.25) is 0 Å². The lowest BCUT2D eigenvalue weighted by atomic mass is 9.82. The summed E-state index contributed by atoms with van der Waals surface area (Å²) in [7, 11) is 4.06. The minimum Gasteiger partial charge on any atom is -0.496 e. The number of benzene rings is 2. The highest BCUT2D eigenvalue weighted by molar-refractivity contribution is 5.96. The summed E-state index contributed by atoms with van der Waals surface area (Å²) in [5.41, 5.74) is 2.78. The number of ether oxygens (including phenoxy) is 1. The summed E-state index contributed by atoms with van der Waals surface area (Å²) < 4.78 is 5.70. The van der Waals surface area contributed by atoms with Crippen LogP contribution in [0.3, 0.4) is 0 Å². The zero-order valence-corrected chi connectivity index (χ0v) is 13.4. The third-order valence-corrected chi connectivity index (χ3v) is 5.42. The predicted octanol–water partition coefficient (Wildman–Crippen LogP) is 4.49. The van der Waals surface area contributed by atoms with Gasteiger partial charge in [0.05, 0.1) is 7.11 Å². The third kappa shape index (κ3) is 2.14. The van der Waals surface area contributed by atoms with Gasteiger partial charge in [-0.15, -0.1) is 0 Å². The molecular formula is C20H23NO. The number of methoxy groups -OCH3 is 1. The Hall–Kier alpha value is -1.80. The van der Waals surface area contributed by atoms with Gasteiger partial charge >= 0.3 is 0 Å². The van der Waals surface area contributed by atoms with E-state index in [1.54, 1.807) is 7.11 Å². The van der Waals surface area contributed by atoms with Crippen molar-refractivity contribution in [3.8, 4) is 5.75 Å². The molecule has 2 aromatic carbocycles. The normalized spacial score (nSPS) is 25.1. The van der Waals surface area contributed by atoms with E-state index in [0.717, 1.165) is 12.2 Å². The average Bonchev–Trinajstić information content (AvgIpc) is 2.53. The van der Waals surface area contributed by atoms with Crippen molar-refractivity contribution in [3.05, 3.63) is 48.0 Å². The van der Waals surface area contributed by atoms with Gasteiger partial charge < -0.3 is 4.74 Å². The standard InChI is InChI=1S/C20H23NO/c1-21-16-7-5-8-17(21)13-15(12-16)20-18-9-4-3-6-14(18)10-11-19(20)22-2/h3-4,6,9-12,16-17H,5,7-8,13H2,1-2H3.